The van der Waals surface area contributed by atoms with E-state index in [9.17, 15) is 4.79 Å². The number of carbonyl (C=O) groups is 1. The number of carboxylic acids is 1. The van der Waals surface area contributed by atoms with Crippen LogP contribution in [-0.2, 0) is 9.53 Å². The maximum atomic E-state index is 10.9. The molecule has 1 N–H and O–H groups in total. The van der Waals surface area contributed by atoms with Crippen LogP contribution >= 0.6 is 0 Å². The third kappa shape index (κ3) is 1.42. The van der Waals surface area contributed by atoms with Gasteiger partial charge in [0.25, 0.3) is 0 Å². The number of ether oxygens (including phenoxy) is 1. The van der Waals surface area contributed by atoms with Crippen molar-refractivity contribution in [1.29, 1.82) is 0 Å². The largest absolute Gasteiger partial charge is 0.479 e. The van der Waals surface area contributed by atoms with Crippen LogP contribution in [0.25, 0.3) is 0 Å². The Balaban J connectivity index is 2.12. The van der Waals surface area contributed by atoms with E-state index < -0.39 is 11.6 Å². The van der Waals surface area contributed by atoms with Crippen LogP contribution in [-0.4, -0.2) is 16.7 Å². The molecule has 1 aromatic rings. The average molecular weight is 196 g/mol. The fraction of sp³-hybridized carbons (Fsp3) is 0.500. The van der Waals surface area contributed by atoms with E-state index in [4.69, 9.17) is 14.3 Å². The first-order valence-electron chi connectivity index (χ1n) is 4.56. The minimum absolute atomic E-state index is 0.217. The van der Waals surface area contributed by atoms with Crippen LogP contribution in [0.5, 0.6) is 0 Å². The zero-order valence-electron chi connectivity index (χ0n) is 7.90. The number of aliphatic carboxylic acids is 1. The highest BCUT2D eigenvalue weighted by Crippen LogP contribution is 2.39. The van der Waals surface area contributed by atoms with Crippen LogP contribution in [0.15, 0.2) is 22.8 Å². The average Bonchev–Trinajstić information content (AvgIpc) is 2.72. The van der Waals surface area contributed by atoms with Crippen molar-refractivity contribution in [2.45, 2.75) is 31.5 Å². The second-order valence-corrected chi connectivity index (χ2v) is 3.70. The number of hydrogen-bond donors (Lipinski definition) is 1. The third-order valence-electron chi connectivity index (χ3n) is 2.60. The van der Waals surface area contributed by atoms with Crippen molar-refractivity contribution in [3.8, 4) is 0 Å². The van der Waals surface area contributed by atoms with Gasteiger partial charge >= 0.3 is 5.97 Å². The van der Waals surface area contributed by atoms with Crippen LogP contribution in [0, 0.1) is 0 Å². The number of rotatable bonds is 2. The normalized spacial score (nSPS) is 31.9. The van der Waals surface area contributed by atoms with Crippen molar-refractivity contribution in [3.05, 3.63) is 24.2 Å². The lowest BCUT2D eigenvalue weighted by atomic mass is 10.0. The molecule has 0 amide bonds. The van der Waals surface area contributed by atoms with Crippen LogP contribution < -0.4 is 0 Å². The van der Waals surface area contributed by atoms with E-state index in [1.54, 1.807) is 25.3 Å². The highest BCUT2D eigenvalue weighted by atomic mass is 16.5. The summed E-state index contributed by atoms with van der Waals surface area (Å²) < 4.78 is 10.6. The van der Waals surface area contributed by atoms with E-state index in [2.05, 4.69) is 0 Å². The summed E-state index contributed by atoms with van der Waals surface area (Å²) in [6.45, 7) is 1.60. The second-order valence-electron chi connectivity index (χ2n) is 3.70. The van der Waals surface area contributed by atoms with Gasteiger partial charge in [-0.05, 0) is 31.9 Å². The molecule has 1 aliphatic rings. The van der Waals surface area contributed by atoms with Gasteiger partial charge in [0.1, 0.15) is 11.9 Å². The summed E-state index contributed by atoms with van der Waals surface area (Å²) in [5.41, 5.74) is -1.06. The molecule has 0 saturated carbocycles. The Hall–Kier alpha value is -1.29. The van der Waals surface area contributed by atoms with Gasteiger partial charge in [0.15, 0.2) is 5.60 Å². The molecule has 0 radical (unpaired) electrons. The van der Waals surface area contributed by atoms with Crippen molar-refractivity contribution in [2.24, 2.45) is 0 Å². The molecule has 2 rings (SSSR count). The Morgan fingerprint density at radius 3 is 3.00 bits per heavy atom. The molecular weight excluding hydrogens is 184 g/mol. The summed E-state index contributed by atoms with van der Waals surface area (Å²) in [6, 6.07) is 3.58. The third-order valence-corrected chi connectivity index (χ3v) is 2.60. The molecule has 0 spiro atoms. The molecule has 1 aromatic heterocycles. The SMILES string of the molecule is CC1(C(=O)O)CCC(c2ccco2)O1. The van der Waals surface area contributed by atoms with Gasteiger partial charge in [-0.1, -0.05) is 0 Å². The Bertz CT molecular complexity index is 330. The molecule has 2 unspecified atom stereocenters. The maximum Gasteiger partial charge on any atom is 0.335 e. The Labute approximate surface area is 81.5 Å². The number of carboxylic acid groups (broad SMARTS) is 1. The molecule has 14 heavy (non-hydrogen) atoms. The second kappa shape index (κ2) is 3.13. The molecular formula is C10H12O4. The van der Waals surface area contributed by atoms with Gasteiger partial charge in [-0.15, -0.1) is 0 Å². The van der Waals surface area contributed by atoms with Gasteiger partial charge < -0.3 is 14.3 Å². The lowest BCUT2D eigenvalue weighted by Crippen LogP contribution is -2.34. The summed E-state index contributed by atoms with van der Waals surface area (Å²) in [5, 5.41) is 8.93. The molecule has 0 aliphatic carbocycles. The Kier molecular flexibility index (Phi) is 2.07. The topological polar surface area (TPSA) is 59.7 Å². The highest BCUT2D eigenvalue weighted by molar-refractivity contribution is 5.77. The van der Waals surface area contributed by atoms with E-state index in [1.165, 1.54) is 0 Å². The fourth-order valence-corrected chi connectivity index (χ4v) is 1.67. The van der Waals surface area contributed by atoms with Crippen molar-refractivity contribution < 1.29 is 19.1 Å². The molecule has 2 atom stereocenters. The van der Waals surface area contributed by atoms with Crippen LogP contribution in [0.1, 0.15) is 31.6 Å². The summed E-state index contributed by atoms with van der Waals surface area (Å²) in [7, 11) is 0. The standard InChI is InChI=1S/C10H12O4/c1-10(9(11)12)5-4-8(14-10)7-3-2-6-13-7/h2-3,6,8H,4-5H2,1H3,(H,11,12). The number of hydrogen-bond acceptors (Lipinski definition) is 3. The monoisotopic (exact) mass is 196 g/mol. The Morgan fingerprint density at radius 1 is 1.71 bits per heavy atom. The highest BCUT2D eigenvalue weighted by Gasteiger charge is 2.43. The predicted molar refractivity (Wildman–Crippen MR) is 47.8 cm³/mol. The molecule has 1 saturated heterocycles. The van der Waals surface area contributed by atoms with Crippen molar-refractivity contribution in [2.75, 3.05) is 0 Å². The first-order chi connectivity index (χ1) is 6.62. The minimum atomic E-state index is -1.06. The quantitative estimate of drug-likeness (QED) is 0.785. The molecule has 76 valence electrons. The van der Waals surface area contributed by atoms with E-state index in [0.717, 1.165) is 0 Å². The number of furan rings is 1. The molecule has 1 fully saturated rings. The first kappa shape index (κ1) is 9.27. The fourth-order valence-electron chi connectivity index (χ4n) is 1.67. The predicted octanol–water partition coefficient (Wildman–Crippen LogP) is 1.97. The van der Waals surface area contributed by atoms with Crippen molar-refractivity contribution in [1.82, 2.24) is 0 Å². The lowest BCUT2D eigenvalue weighted by molar-refractivity contribution is -0.162. The van der Waals surface area contributed by atoms with Gasteiger partial charge in [0, 0.05) is 0 Å². The van der Waals surface area contributed by atoms with Crippen LogP contribution in [0.4, 0.5) is 0 Å². The van der Waals surface area contributed by atoms with E-state index in [-0.39, 0.29) is 6.10 Å². The first-order valence-corrected chi connectivity index (χ1v) is 4.56. The van der Waals surface area contributed by atoms with Crippen LogP contribution in [0.2, 0.25) is 0 Å². The molecule has 0 bridgehead atoms. The summed E-state index contributed by atoms with van der Waals surface area (Å²) >= 11 is 0. The van der Waals surface area contributed by atoms with Gasteiger partial charge in [-0.25, -0.2) is 4.79 Å². The van der Waals surface area contributed by atoms with Crippen LogP contribution in [0.3, 0.4) is 0 Å². The molecule has 2 heterocycles. The lowest BCUT2D eigenvalue weighted by Gasteiger charge is -2.18. The van der Waals surface area contributed by atoms with Crippen molar-refractivity contribution in [3.63, 3.8) is 0 Å². The van der Waals surface area contributed by atoms with Gasteiger partial charge in [0.05, 0.1) is 6.26 Å². The summed E-state index contributed by atoms with van der Waals surface area (Å²) in [5.74, 6) is -0.207. The molecule has 4 nitrogen and oxygen atoms in total. The van der Waals surface area contributed by atoms with E-state index in [1.807, 2.05) is 0 Å². The molecule has 1 aliphatic heterocycles. The van der Waals surface area contributed by atoms with Gasteiger partial charge in [-0.3, -0.25) is 0 Å². The zero-order chi connectivity index (χ0) is 10.2. The van der Waals surface area contributed by atoms with Crippen molar-refractivity contribution >= 4 is 5.97 Å². The van der Waals surface area contributed by atoms with E-state index in [0.29, 0.717) is 18.6 Å². The summed E-state index contributed by atoms with van der Waals surface area (Å²) in [6.07, 6.45) is 2.56. The zero-order valence-corrected chi connectivity index (χ0v) is 7.90. The van der Waals surface area contributed by atoms with Gasteiger partial charge in [-0.2, -0.15) is 0 Å². The van der Waals surface area contributed by atoms with E-state index >= 15 is 0 Å². The Morgan fingerprint density at radius 2 is 2.50 bits per heavy atom. The molecule has 4 heteroatoms. The smallest absolute Gasteiger partial charge is 0.335 e. The summed E-state index contributed by atoms with van der Waals surface area (Å²) in [4.78, 5) is 10.9. The molecule has 0 aromatic carbocycles. The maximum absolute atomic E-state index is 10.9. The minimum Gasteiger partial charge on any atom is -0.479 e. The van der Waals surface area contributed by atoms with Gasteiger partial charge in [0.2, 0.25) is 0 Å².